The first-order chi connectivity index (χ1) is 17.5. The molecule has 0 spiro atoms. The molecule has 1 aliphatic rings. The predicted molar refractivity (Wildman–Crippen MR) is 143 cm³/mol. The van der Waals surface area contributed by atoms with Gasteiger partial charge in [-0.25, -0.2) is 18.3 Å². The van der Waals surface area contributed by atoms with E-state index in [-0.39, 0.29) is 11.3 Å². The number of aromatic nitrogens is 1. The molecule has 3 aromatic carbocycles. The number of halogens is 1. The van der Waals surface area contributed by atoms with Crippen molar-refractivity contribution in [2.75, 3.05) is 4.90 Å². The molecule has 0 N–H and O–H groups in total. The Morgan fingerprint density at radius 1 is 0.973 bits per heavy atom. The highest BCUT2D eigenvalue weighted by atomic mass is 79.9. The lowest BCUT2D eigenvalue weighted by Crippen LogP contribution is -2.54. The summed E-state index contributed by atoms with van der Waals surface area (Å²) in [6.07, 6.45) is -0.251. The Morgan fingerprint density at radius 3 is 2.24 bits per heavy atom. The number of para-hydroxylation sites is 2. The highest BCUT2D eigenvalue weighted by Crippen LogP contribution is 2.35. The third-order valence-corrected chi connectivity index (χ3v) is 8.82. The van der Waals surface area contributed by atoms with Gasteiger partial charge in [-0.2, -0.15) is 4.31 Å². The molecule has 37 heavy (non-hydrogen) atoms. The third-order valence-electron chi connectivity index (χ3n) is 6.10. The van der Waals surface area contributed by atoms with Crippen molar-refractivity contribution in [3.63, 3.8) is 0 Å². The number of rotatable bonds is 5. The normalized spacial score (nSPS) is 16.8. The maximum atomic E-state index is 13.7. The Morgan fingerprint density at radius 2 is 1.62 bits per heavy atom. The van der Waals surface area contributed by atoms with Gasteiger partial charge in [0.05, 0.1) is 17.0 Å². The van der Waals surface area contributed by atoms with Crippen LogP contribution in [-0.2, 0) is 19.6 Å². The van der Waals surface area contributed by atoms with Crippen LogP contribution in [0, 0.1) is 0 Å². The Balaban J connectivity index is 1.46. The molecule has 0 saturated carbocycles. The minimum absolute atomic E-state index is 0.0482. The average Bonchev–Trinajstić information content (AvgIpc) is 3.39. The topological polar surface area (TPSA) is 101 Å². The number of carbonyl (C=O) groups is 2. The maximum Gasteiger partial charge on any atom is 0.252 e. The standard InChI is InChI=1S/C27H24BrN3O5S/c1-27(2,3)31(37(34,35)20-14-10-18(28)11-15-20)22-16-24(32)30(26(22)33)19-12-8-17(9-13-19)25-29-21-6-4-5-7-23(21)36-25/h4-15,22H,16H2,1-3H3. The molecule has 4 aromatic rings. The van der Waals surface area contributed by atoms with Crippen LogP contribution in [0.5, 0.6) is 0 Å². The van der Waals surface area contributed by atoms with Gasteiger partial charge in [-0.3, -0.25) is 9.59 Å². The zero-order valence-corrected chi connectivity index (χ0v) is 22.8. The van der Waals surface area contributed by atoms with Crippen LogP contribution in [0.15, 0.2) is 86.6 Å². The van der Waals surface area contributed by atoms with Gasteiger partial charge in [0.15, 0.2) is 5.58 Å². The second kappa shape index (κ2) is 9.20. The van der Waals surface area contributed by atoms with Gasteiger partial charge in [0.25, 0.3) is 5.91 Å². The van der Waals surface area contributed by atoms with Gasteiger partial charge >= 0.3 is 0 Å². The molecule has 1 saturated heterocycles. The molecule has 8 nitrogen and oxygen atoms in total. The van der Waals surface area contributed by atoms with Gasteiger partial charge < -0.3 is 4.42 Å². The smallest absolute Gasteiger partial charge is 0.252 e. The fourth-order valence-electron chi connectivity index (χ4n) is 4.53. The van der Waals surface area contributed by atoms with Gasteiger partial charge in [-0.15, -0.1) is 0 Å². The molecule has 2 amide bonds. The first-order valence-electron chi connectivity index (χ1n) is 11.6. The van der Waals surface area contributed by atoms with E-state index in [1.807, 2.05) is 24.3 Å². The molecule has 2 heterocycles. The predicted octanol–water partition coefficient (Wildman–Crippen LogP) is 5.38. The zero-order valence-electron chi connectivity index (χ0n) is 20.4. The molecular formula is C27H24BrN3O5S. The van der Waals surface area contributed by atoms with Gasteiger partial charge in [-0.05, 0) is 81.4 Å². The number of imide groups is 1. The van der Waals surface area contributed by atoms with Gasteiger partial charge in [-0.1, -0.05) is 28.1 Å². The van der Waals surface area contributed by atoms with Crippen molar-refractivity contribution in [1.29, 1.82) is 0 Å². The number of hydrogen-bond donors (Lipinski definition) is 0. The summed E-state index contributed by atoms with van der Waals surface area (Å²) in [6, 6.07) is 19.1. The van der Waals surface area contributed by atoms with Crippen LogP contribution < -0.4 is 4.90 Å². The average molecular weight is 582 g/mol. The lowest BCUT2D eigenvalue weighted by Gasteiger charge is -2.37. The molecule has 1 fully saturated rings. The summed E-state index contributed by atoms with van der Waals surface area (Å²) < 4.78 is 35.0. The van der Waals surface area contributed by atoms with E-state index >= 15 is 0 Å². The molecule has 10 heteroatoms. The monoisotopic (exact) mass is 581 g/mol. The van der Waals surface area contributed by atoms with E-state index in [0.29, 0.717) is 22.7 Å². The van der Waals surface area contributed by atoms with Crippen molar-refractivity contribution in [2.45, 2.75) is 43.7 Å². The molecule has 1 atom stereocenters. The summed E-state index contributed by atoms with van der Waals surface area (Å²) >= 11 is 3.31. The van der Waals surface area contributed by atoms with Crippen molar-refractivity contribution in [3.8, 4) is 11.5 Å². The number of anilines is 1. The number of benzene rings is 3. The van der Waals surface area contributed by atoms with E-state index < -0.39 is 33.4 Å². The molecule has 1 aliphatic heterocycles. The molecule has 1 aromatic heterocycles. The summed E-state index contributed by atoms with van der Waals surface area (Å²) in [5.74, 6) is -0.635. The number of fused-ring (bicyclic) bond motifs is 1. The molecule has 5 rings (SSSR count). The number of hydrogen-bond acceptors (Lipinski definition) is 6. The van der Waals surface area contributed by atoms with E-state index in [1.54, 1.807) is 57.2 Å². The molecule has 0 aliphatic carbocycles. The van der Waals surface area contributed by atoms with Crippen molar-refractivity contribution in [3.05, 3.63) is 77.3 Å². The lowest BCUT2D eigenvalue weighted by molar-refractivity contribution is -0.122. The van der Waals surface area contributed by atoms with Crippen molar-refractivity contribution < 1.29 is 22.4 Å². The summed E-state index contributed by atoms with van der Waals surface area (Å²) in [4.78, 5) is 32.2. The van der Waals surface area contributed by atoms with Crippen LogP contribution in [0.1, 0.15) is 27.2 Å². The lowest BCUT2D eigenvalue weighted by atomic mass is 10.1. The zero-order chi connectivity index (χ0) is 26.5. The third kappa shape index (κ3) is 4.60. The minimum Gasteiger partial charge on any atom is -0.436 e. The molecule has 190 valence electrons. The van der Waals surface area contributed by atoms with Crippen molar-refractivity contribution >= 4 is 54.6 Å². The Hall–Kier alpha value is -3.34. The van der Waals surface area contributed by atoms with Crippen LogP contribution in [0.2, 0.25) is 0 Å². The molecule has 1 unspecified atom stereocenters. The van der Waals surface area contributed by atoms with E-state index in [1.165, 1.54) is 12.1 Å². The summed E-state index contributed by atoms with van der Waals surface area (Å²) in [7, 11) is -4.08. The fraction of sp³-hybridized carbons (Fsp3) is 0.222. The Bertz CT molecular complexity index is 1570. The SMILES string of the molecule is CC(C)(C)N(C1CC(=O)N(c2ccc(-c3nc4ccccc4o3)cc2)C1=O)S(=O)(=O)c1ccc(Br)cc1. The quantitative estimate of drug-likeness (QED) is 0.293. The van der Waals surface area contributed by atoms with Gasteiger partial charge in [0.2, 0.25) is 21.8 Å². The van der Waals surface area contributed by atoms with Crippen LogP contribution >= 0.6 is 15.9 Å². The summed E-state index contributed by atoms with van der Waals surface area (Å²) in [6.45, 7) is 5.12. The largest absolute Gasteiger partial charge is 0.436 e. The molecular weight excluding hydrogens is 558 g/mol. The Labute approximate surface area is 223 Å². The highest BCUT2D eigenvalue weighted by molar-refractivity contribution is 9.10. The van der Waals surface area contributed by atoms with E-state index in [2.05, 4.69) is 20.9 Å². The summed E-state index contributed by atoms with van der Waals surface area (Å²) in [5, 5.41) is 0. The second-order valence-electron chi connectivity index (χ2n) is 9.75. The highest BCUT2D eigenvalue weighted by Gasteiger charge is 2.50. The number of sulfonamides is 1. The maximum absolute atomic E-state index is 13.7. The van der Waals surface area contributed by atoms with E-state index in [4.69, 9.17) is 4.42 Å². The van der Waals surface area contributed by atoms with Gasteiger partial charge in [0.1, 0.15) is 11.6 Å². The molecule has 0 radical (unpaired) electrons. The first kappa shape index (κ1) is 25.3. The van der Waals surface area contributed by atoms with Crippen LogP contribution in [-0.4, -0.2) is 41.1 Å². The van der Waals surface area contributed by atoms with Crippen LogP contribution in [0.25, 0.3) is 22.6 Å². The fourth-order valence-corrected chi connectivity index (χ4v) is 6.73. The second-order valence-corrected chi connectivity index (χ2v) is 12.5. The van der Waals surface area contributed by atoms with Crippen LogP contribution in [0.4, 0.5) is 5.69 Å². The van der Waals surface area contributed by atoms with E-state index in [0.717, 1.165) is 19.2 Å². The van der Waals surface area contributed by atoms with Crippen molar-refractivity contribution in [1.82, 2.24) is 9.29 Å². The van der Waals surface area contributed by atoms with E-state index in [9.17, 15) is 18.0 Å². The number of nitrogens with zero attached hydrogens (tertiary/aromatic N) is 3. The Kier molecular flexibility index (Phi) is 6.29. The minimum atomic E-state index is -4.08. The first-order valence-corrected chi connectivity index (χ1v) is 13.8. The number of carbonyl (C=O) groups excluding carboxylic acids is 2. The van der Waals surface area contributed by atoms with Crippen molar-refractivity contribution in [2.24, 2.45) is 0 Å². The number of amides is 2. The summed E-state index contributed by atoms with van der Waals surface area (Å²) in [5.41, 5.74) is 1.46. The van der Waals surface area contributed by atoms with Gasteiger partial charge in [0, 0.05) is 15.6 Å². The van der Waals surface area contributed by atoms with Crippen LogP contribution in [0.3, 0.4) is 0 Å². The molecule has 0 bridgehead atoms. The number of oxazole rings is 1.